The van der Waals surface area contributed by atoms with Crippen molar-refractivity contribution in [3.8, 4) is 0 Å². The number of amides is 2. The number of anilines is 1. The second-order valence-corrected chi connectivity index (χ2v) is 4.28. The summed E-state index contributed by atoms with van der Waals surface area (Å²) in [6.07, 6.45) is 3.34. The minimum atomic E-state index is -0.199. The van der Waals surface area contributed by atoms with E-state index < -0.39 is 0 Å². The summed E-state index contributed by atoms with van der Waals surface area (Å²) in [6.45, 7) is 10.1. The van der Waals surface area contributed by atoms with Gasteiger partial charge >= 0.3 is 6.03 Å². The van der Waals surface area contributed by atoms with Gasteiger partial charge in [0.15, 0.2) is 0 Å². The van der Waals surface area contributed by atoms with E-state index in [-0.39, 0.29) is 6.03 Å². The molecule has 0 heterocycles. The maximum Gasteiger partial charge on any atom is 0.322 e. The van der Waals surface area contributed by atoms with Gasteiger partial charge in [0.25, 0.3) is 0 Å². The molecule has 0 aliphatic rings. The van der Waals surface area contributed by atoms with Crippen LogP contribution in [0.5, 0.6) is 0 Å². The molecule has 0 radical (unpaired) electrons. The number of benzene rings is 1. The fourth-order valence-corrected chi connectivity index (χ4v) is 1.61. The highest BCUT2D eigenvalue weighted by molar-refractivity contribution is 6.31. The van der Waals surface area contributed by atoms with Gasteiger partial charge in [-0.2, -0.15) is 0 Å². The van der Waals surface area contributed by atoms with Gasteiger partial charge in [0.2, 0.25) is 0 Å². The van der Waals surface area contributed by atoms with Gasteiger partial charge in [-0.05, 0) is 24.6 Å². The van der Waals surface area contributed by atoms with E-state index in [2.05, 4.69) is 18.5 Å². The highest BCUT2D eigenvalue weighted by Gasteiger charge is 2.10. The maximum atomic E-state index is 12.0. The fourth-order valence-electron chi connectivity index (χ4n) is 1.43. The van der Waals surface area contributed by atoms with Crippen LogP contribution in [0.2, 0.25) is 5.02 Å². The molecule has 1 aromatic rings. The molecule has 1 aromatic carbocycles. The van der Waals surface area contributed by atoms with E-state index in [1.54, 1.807) is 23.1 Å². The molecular formula is C14H17ClN2O. The average Bonchev–Trinajstić information content (AvgIpc) is 2.33. The van der Waals surface area contributed by atoms with Gasteiger partial charge in [0.05, 0.1) is 0 Å². The molecular weight excluding hydrogens is 248 g/mol. The Morgan fingerprint density at radius 2 is 2.00 bits per heavy atom. The molecule has 0 aliphatic carbocycles. The third-order valence-electron chi connectivity index (χ3n) is 2.41. The van der Waals surface area contributed by atoms with Gasteiger partial charge in [-0.1, -0.05) is 29.8 Å². The number of aryl methyl sites for hydroxylation is 1. The summed E-state index contributed by atoms with van der Waals surface area (Å²) >= 11 is 6.00. The minimum Gasteiger partial charge on any atom is -0.317 e. The zero-order valence-electron chi connectivity index (χ0n) is 10.4. The van der Waals surface area contributed by atoms with Crippen molar-refractivity contribution in [2.45, 2.75) is 6.92 Å². The van der Waals surface area contributed by atoms with Crippen LogP contribution in [0.3, 0.4) is 0 Å². The minimum absolute atomic E-state index is 0.199. The first kappa shape index (κ1) is 14.3. The lowest BCUT2D eigenvalue weighted by atomic mass is 10.2. The van der Waals surface area contributed by atoms with Gasteiger partial charge in [-0.15, -0.1) is 13.2 Å². The molecule has 0 saturated carbocycles. The number of nitrogens with one attached hydrogen (secondary N) is 1. The van der Waals surface area contributed by atoms with Crippen LogP contribution in [-0.4, -0.2) is 24.0 Å². The van der Waals surface area contributed by atoms with E-state index in [9.17, 15) is 4.79 Å². The van der Waals surface area contributed by atoms with Gasteiger partial charge < -0.3 is 10.2 Å². The lowest BCUT2D eigenvalue weighted by Gasteiger charge is -2.20. The first-order valence-electron chi connectivity index (χ1n) is 5.62. The van der Waals surface area contributed by atoms with E-state index in [0.717, 1.165) is 5.56 Å². The number of halogens is 1. The van der Waals surface area contributed by atoms with Crippen LogP contribution in [0.25, 0.3) is 0 Å². The largest absolute Gasteiger partial charge is 0.322 e. The Morgan fingerprint density at radius 1 is 1.39 bits per heavy atom. The molecule has 0 aliphatic heterocycles. The third kappa shape index (κ3) is 3.93. The van der Waals surface area contributed by atoms with E-state index >= 15 is 0 Å². The molecule has 0 atom stereocenters. The van der Waals surface area contributed by atoms with E-state index in [1.807, 2.05) is 19.1 Å². The van der Waals surface area contributed by atoms with Crippen LogP contribution >= 0.6 is 11.6 Å². The van der Waals surface area contributed by atoms with Crippen LogP contribution in [0.1, 0.15) is 5.56 Å². The van der Waals surface area contributed by atoms with Gasteiger partial charge in [-0.25, -0.2) is 4.79 Å². The molecule has 0 spiro atoms. The Kier molecular flexibility index (Phi) is 5.46. The zero-order chi connectivity index (χ0) is 13.5. The second-order valence-electron chi connectivity index (χ2n) is 3.88. The summed E-state index contributed by atoms with van der Waals surface area (Å²) < 4.78 is 0. The van der Waals surface area contributed by atoms with Crippen molar-refractivity contribution in [3.63, 3.8) is 0 Å². The van der Waals surface area contributed by atoms with Crippen molar-refractivity contribution < 1.29 is 4.79 Å². The Hall–Kier alpha value is -1.74. The molecule has 0 aromatic heterocycles. The summed E-state index contributed by atoms with van der Waals surface area (Å²) in [5.41, 5.74) is 1.65. The van der Waals surface area contributed by atoms with Crippen LogP contribution in [0.15, 0.2) is 43.5 Å². The molecule has 2 amide bonds. The van der Waals surface area contributed by atoms with Crippen LogP contribution in [-0.2, 0) is 0 Å². The highest BCUT2D eigenvalue weighted by atomic mass is 35.5. The molecule has 1 N–H and O–H groups in total. The number of carbonyl (C=O) groups is 1. The highest BCUT2D eigenvalue weighted by Crippen LogP contribution is 2.20. The number of carbonyl (C=O) groups excluding carboxylic acids is 1. The first-order valence-corrected chi connectivity index (χ1v) is 6.00. The van der Waals surface area contributed by atoms with Crippen molar-refractivity contribution in [2.24, 2.45) is 0 Å². The Morgan fingerprint density at radius 3 is 2.50 bits per heavy atom. The number of hydrogen-bond acceptors (Lipinski definition) is 1. The normalized spacial score (nSPS) is 9.67. The molecule has 3 nitrogen and oxygen atoms in total. The van der Waals surface area contributed by atoms with Gasteiger partial charge in [-0.3, -0.25) is 0 Å². The van der Waals surface area contributed by atoms with Crippen molar-refractivity contribution in [1.82, 2.24) is 4.90 Å². The number of rotatable bonds is 5. The van der Waals surface area contributed by atoms with E-state index in [0.29, 0.717) is 23.8 Å². The quantitative estimate of drug-likeness (QED) is 0.805. The molecule has 18 heavy (non-hydrogen) atoms. The first-order chi connectivity index (χ1) is 8.58. The Labute approximate surface area is 113 Å². The average molecular weight is 265 g/mol. The Bertz CT molecular complexity index is 447. The summed E-state index contributed by atoms with van der Waals surface area (Å²) in [6, 6.07) is 5.21. The maximum absolute atomic E-state index is 12.0. The van der Waals surface area contributed by atoms with Crippen LogP contribution < -0.4 is 5.32 Å². The predicted octanol–water partition coefficient (Wildman–Crippen LogP) is 3.85. The van der Waals surface area contributed by atoms with E-state index in [4.69, 9.17) is 11.6 Å². The molecule has 0 saturated heterocycles. The molecule has 0 fully saturated rings. The van der Waals surface area contributed by atoms with E-state index in [1.165, 1.54) is 0 Å². The zero-order valence-corrected chi connectivity index (χ0v) is 11.2. The summed E-state index contributed by atoms with van der Waals surface area (Å²) in [7, 11) is 0. The smallest absolute Gasteiger partial charge is 0.317 e. The SMILES string of the molecule is C=CCN(CC=C)C(=O)Nc1ccc(C)c(Cl)c1. The summed E-state index contributed by atoms with van der Waals surface area (Å²) in [5.74, 6) is 0. The van der Waals surface area contributed by atoms with Gasteiger partial charge in [0, 0.05) is 23.8 Å². The van der Waals surface area contributed by atoms with Crippen molar-refractivity contribution in [2.75, 3.05) is 18.4 Å². The third-order valence-corrected chi connectivity index (χ3v) is 2.82. The standard InChI is InChI=1S/C14H17ClN2O/c1-4-8-17(9-5-2)14(18)16-12-7-6-11(3)13(15)10-12/h4-7,10H,1-2,8-9H2,3H3,(H,16,18). The second kappa shape index (κ2) is 6.87. The fraction of sp³-hybridized carbons (Fsp3) is 0.214. The number of nitrogens with zero attached hydrogens (tertiary/aromatic N) is 1. The monoisotopic (exact) mass is 264 g/mol. The summed E-state index contributed by atoms with van der Waals surface area (Å²) in [4.78, 5) is 13.6. The van der Waals surface area contributed by atoms with Crippen molar-refractivity contribution in [3.05, 3.63) is 54.1 Å². The molecule has 0 unspecified atom stereocenters. The predicted molar refractivity (Wildman–Crippen MR) is 77.2 cm³/mol. The lowest BCUT2D eigenvalue weighted by molar-refractivity contribution is 0.222. The Balaban J connectivity index is 2.75. The van der Waals surface area contributed by atoms with Crippen LogP contribution in [0, 0.1) is 6.92 Å². The molecule has 4 heteroatoms. The van der Waals surface area contributed by atoms with Crippen LogP contribution in [0.4, 0.5) is 10.5 Å². The topological polar surface area (TPSA) is 32.3 Å². The van der Waals surface area contributed by atoms with Crippen molar-refractivity contribution in [1.29, 1.82) is 0 Å². The molecule has 96 valence electrons. The van der Waals surface area contributed by atoms with Gasteiger partial charge in [0.1, 0.15) is 0 Å². The van der Waals surface area contributed by atoms with Crippen molar-refractivity contribution >= 4 is 23.3 Å². The summed E-state index contributed by atoms with van der Waals surface area (Å²) in [5, 5.41) is 3.42. The number of urea groups is 1. The molecule has 1 rings (SSSR count). The lowest BCUT2D eigenvalue weighted by Crippen LogP contribution is -2.35. The number of hydrogen-bond donors (Lipinski definition) is 1. The molecule has 0 bridgehead atoms.